The number of para-hydroxylation sites is 1. The van der Waals surface area contributed by atoms with Gasteiger partial charge in [0, 0.05) is 6.04 Å². The molecule has 5 nitrogen and oxygen atoms in total. The van der Waals surface area contributed by atoms with Gasteiger partial charge in [0.25, 0.3) is 5.56 Å². The second-order valence-electron chi connectivity index (χ2n) is 4.98. The van der Waals surface area contributed by atoms with Crippen molar-refractivity contribution in [2.24, 2.45) is 0 Å². The minimum Gasteiger partial charge on any atom is -0.395 e. The van der Waals surface area contributed by atoms with Crippen molar-refractivity contribution >= 4 is 10.9 Å². The van der Waals surface area contributed by atoms with E-state index < -0.39 is 0 Å². The summed E-state index contributed by atoms with van der Waals surface area (Å²) in [5.41, 5.74) is 0.626. The molecule has 100 valence electrons. The Kier molecular flexibility index (Phi) is 3.31. The van der Waals surface area contributed by atoms with Crippen LogP contribution < -0.4 is 5.56 Å². The molecule has 1 aromatic heterocycles. The first kappa shape index (κ1) is 12.3. The van der Waals surface area contributed by atoms with E-state index in [9.17, 15) is 9.90 Å². The molecule has 1 aromatic carbocycles. The highest BCUT2D eigenvalue weighted by molar-refractivity contribution is 5.77. The summed E-state index contributed by atoms with van der Waals surface area (Å²) in [7, 11) is 0. The monoisotopic (exact) mass is 259 g/mol. The first-order chi connectivity index (χ1) is 9.28. The molecule has 0 saturated carbocycles. The maximum Gasteiger partial charge on any atom is 0.258 e. The minimum atomic E-state index is -0.0969. The van der Waals surface area contributed by atoms with Crippen LogP contribution in [0.25, 0.3) is 10.9 Å². The summed E-state index contributed by atoms with van der Waals surface area (Å²) in [6, 6.07) is 7.53. The smallest absolute Gasteiger partial charge is 0.258 e. The highest BCUT2D eigenvalue weighted by Gasteiger charge is 2.24. The van der Waals surface area contributed by atoms with Gasteiger partial charge in [-0.05, 0) is 31.5 Å². The van der Waals surface area contributed by atoms with Crippen molar-refractivity contribution in [3.63, 3.8) is 0 Å². The lowest BCUT2D eigenvalue weighted by Crippen LogP contribution is -2.33. The molecule has 0 amide bonds. The molecular formula is C14H17N3O2. The fraction of sp³-hybridized carbons (Fsp3) is 0.429. The van der Waals surface area contributed by atoms with Crippen LogP contribution in [0.15, 0.2) is 29.1 Å². The Balaban J connectivity index is 1.91. The molecule has 1 atom stereocenters. The number of likely N-dealkylation sites (tertiary alicyclic amines) is 1. The number of aromatic amines is 1. The van der Waals surface area contributed by atoms with Gasteiger partial charge in [-0.15, -0.1) is 0 Å². The van der Waals surface area contributed by atoms with E-state index in [0.29, 0.717) is 17.8 Å². The predicted molar refractivity (Wildman–Crippen MR) is 72.9 cm³/mol. The maximum atomic E-state index is 12.0. The van der Waals surface area contributed by atoms with E-state index in [-0.39, 0.29) is 18.2 Å². The molecule has 1 fully saturated rings. The number of aliphatic hydroxyl groups is 1. The number of benzene rings is 1. The first-order valence-electron chi connectivity index (χ1n) is 6.61. The third-order valence-electron chi connectivity index (χ3n) is 3.72. The minimum absolute atomic E-state index is 0.0969. The van der Waals surface area contributed by atoms with E-state index >= 15 is 0 Å². The van der Waals surface area contributed by atoms with Crippen LogP contribution in [0.2, 0.25) is 0 Å². The van der Waals surface area contributed by atoms with Gasteiger partial charge in [0.2, 0.25) is 0 Å². The van der Waals surface area contributed by atoms with Gasteiger partial charge in [0.1, 0.15) is 5.82 Å². The summed E-state index contributed by atoms with van der Waals surface area (Å²) >= 11 is 0. The zero-order chi connectivity index (χ0) is 13.2. The Morgan fingerprint density at radius 1 is 1.42 bits per heavy atom. The average molecular weight is 259 g/mol. The standard InChI is InChI=1S/C14H17N3O2/c18-9-10-4-3-7-17(10)8-13-15-12-6-2-1-5-11(12)14(19)16-13/h1-2,5-6,10,18H,3-4,7-9H2,(H,15,16,19). The fourth-order valence-corrected chi connectivity index (χ4v) is 2.71. The number of aromatic nitrogens is 2. The number of aliphatic hydroxyl groups excluding tert-OH is 1. The van der Waals surface area contributed by atoms with Crippen LogP contribution in [0.1, 0.15) is 18.7 Å². The van der Waals surface area contributed by atoms with Gasteiger partial charge in [-0.1, -0.05) is 12.1 Å². The maximum absolute atomic E-state index is 12.0. The molecule has 1 saturated heterocycles. The Hall–Kier alpha value is -1.72. The number of rotatable bonds is 3. The van der Waals surface area contributed by atoms with Gasteiger partial charge in [0.15, 0.2) is 0 Å². The summed E-state index contributed by atoms with van der Waals surface area (Å²) in [6.45, 7) is 1.70. The molecular weight excluding hydrogens is 242 g/mol. The van der Waals surface area contributed by atoms with Crippen LogP contribution in [0.5, 0.6) is 0 Å². The lowest BCUT2D eigenvalue weighted by molar-refractivity contribution is 0.151. The summed E-state index contributed by atoms with van der Waals surface area (Å²) < 4.78 is 0. The zero-order valence-electron chi connectivity index (χ0n) is 10.7. The molecule has 5 heteroatoms. The van der Waals surface area contributed by atoms with Gasteiger partial charge in [0.05, 0.1) is 24.1 Å². The van der Waals surface area contributed by atoms with Crippen LogP contribution in [-0.2, 0) is 6.54 Å². The number of H-pyrrole nitrogens is 1. The highest BCUT2D eigenvalue weighted by atomic mass is 16.3. The quantitative estimate of drug-likeness (QED) is 0.858. The molecule has 0 aliphatic carbocycles. The van der Waals surface area contributed by atoms with Crippen LogP contribution in [-0.4, -0.2) is 39.2 Å². The van der Waals surface area contributed by atoms with E-state index in [1.807, 2.05) is 18.2 Å². The predicted octanol–water partition coefficient (Wildman–Crippen LogP) is 0.880. The average Bonchev–Trinajstić information content (AvgIpc) is 2.86. The van der Waals surface area contributed by atoms with E-state index in [1.54, 1.807) is 6.07 Å². The topological polar surface area (TPSA) is 69.2 Å². The Labute approximate surface area is 110 Å². The van der Waals surface area contributed by atoms with Crippen LogP contribution in [0.3, 0.4) is 0 Å². The van der Waals surface area contributed by atoms with Crippen molar-refractivity contribution in [3.8, 4) is 0 Å². The third kappa shape index (κ3) is 2.39. The van der Waals surface area contributed by atoms with Crippen molar-refractivity contribution < 1.29 is 5.11 Å². The lowest BCUT2D eigenvalue weighted by Gasteiger charge is -2.21. The molecule has 2 N–H and O–H groups in total. The van der Waals surface area contributed by atoms with Gasteiger partial charge in [-0.3, -0.25) is 9.69 Å². The normalized spacial score (nSPS) is 20.2. The molecule has 0 bridgehead atoms. The molecule has 2 heterocycles. The second-order valence-corrected chi connectivity index (χ2v) is 4.98. The van der Waals surface area contributed by atoms with Crippen molar-refractivity contribution in [1.82, 2.24) is 14.9 Å². The van der Waals surface area contributed by atoms with E-state index in [1.165, 1.54) is 0 Å². The first-order valence-corrected chi connectivity index (χ1v) is 6.61. The molecule has 2 aromatic rings. The number of fused-ring (bicyclic) bond motifs is 1. The summed E-state index contributed by atoms with van der Waals surface area (Å²) in [6.07, 6.45) is 2.09. The Morgan fingerprint density at radius 2 is 2.26 bits per heavy atom. The van der Waals surface area contributed by atoms with Crippen molar-refractivity contribution in [2.75, 3.05) is 13.2 Å². The van der Waals surface area contributed by atoms with Crippen LogP contribution >= 0.6 is 0 Å². The molecule has 1 aliphatic rings. The fourth-order valence-electron chi connectivity index (χ4n) is 2.71. The molecule has 0 spiro atoms. The van der Waals surface area contributed by atoms with Gasteiger partial charge in [-0.2, -0.15) is 0 Å². The van der Waals surface area contributed by atoms with E-state index in [0.717, 1.165) is 24.9 Å². The number of nitrogens with zero attached hydrogens (tertiary/aromatic N) is 2. The van der Waals surface area contributed by atoms with Crippen molar-refractivity contribution in [3.05, 3.63) is 40.4 Å². The summed E-state index contributed by atoms with van der Waals surface area (Å²) in [4.78, 5) is 21.5. The molecule has 0 radical (unpaired) electrons. The molecule has 19 heavy (non-hydrogen) atoms. The number of hydrogen-bond acceptors (Lipinski definition) is 4. The van der Waals surface area contributed by atoms with Crippen molar-refractivity contribution in [1.29, 1.82) is 0 Å². The zero-order valence-corrected chi connectivity index (χ0v) is 10.7. The van der Waals surface area contributed by atoms with Crippen molar-refractivity contribution in [2.45, 2.75) is 25.4 Å². The number of nitrogens with one attached hydrogen (secondary N) is 1. The van der Waals surface area contributed by atoms with Gasteiger partial charge >= 0.3 is 0 Å². The third-order valence-corrected chi connectivity index (χ3v) is 3.72. The second kappa shape index (κ2) is 5.11. The Bertz CT molecular complexity index is 638. The van der Waals surface area contributed by atoms with E-state index in [4.69, 9.17) is 0 Å². The van der Waals surface area contributed by atoms with Crippen LogP contribution in [0, 0.1) is 0 Å². The largest absolute Gasteiger partial charge is 0.395 e. The lowest BCUT2D eigenvalue weighted by atomic mass is 10.2. The van der Waals surface area contributed by atoms with Gasteiger partial charge in [-0.25, -0.2) is 4.98 Å². The Morgan fingerprint density at radius 3 is 3.11 bits per heavy atom. The molecule has 1 aliphatic heterocycles. The van der Waals surface area contributed by atoms with Gasteiger partial charge < -0.3 is 10.1 Å². The van der Waals surface area contributed by atoms with Crippen LogP contribution in [0.4, 0.5) is 0 Å². The molecule has 1 unspecified atom stereocenters. The molecule has 3 rings (SSSR count). The number of hydrogen-bond donors (Lipinski definition) is 2. The summed E-state index contributed by atoms with van der Waals surface area (Å²) in [5.74, 6) is 0.670. The van der Waals surface area contributed by atoms with E-state index in [2.05, 4.69) is 14.9 Å². The highest BCUT2D eigenvalue weighted by Crippen LogP contribution is 2.18. The SMILES string of the molecule is O=c1[nH]c(CN2CCCC2CO)nc2ccccc12. The summed E-state index contributed by atoms with van der Waals surface area (Å²) in [5, 5.41) is 9.92.